The highest BCUT2D eigenvalue weighted by Gasteiger charge is 2.37. The number of carbonyl (C=O) groups excluding carboxylic acids is 1. The van der Waals surface area contributed by atoms with E-state index in [1.807, 2.05) is 41.6 Å². The third-order valence-corrected chi connectivity index (χ3v) is 5.79. The van der Waals surface area contributed by atoms with Crippen molar-refractivity contribution in [1.82, 2.24) is 20.7 Å². The van der Waals surface area contributed by atoms with Crippen LogP contribution in [0.2, 0.25) is 0 Å². The quantitative estimate of drug-likeness (QED) is 0.895. The van der Waals surface area contributed by atoms with Crippen LogP contribution in [0.3, 0.4) is 0 Å². The van der Waals surface area contributed by atoms with Crippen molar-refractivity contribution in [2.24, 2.45) is 5.92 Å². The van der Waals surface area contributed by atoms with Crippen LogP contribution >= 0.6 is 11.3 Å². The Morgan fingerprint density at radius 1 is 1.29 bits per heavy atom. The average Bonchev–Trinajstić information content (AvgIpc) is 3.23. The summed E-state index contributed by atoms with van der Waals surface area (Å²) in [5, 5.41) is 2.88. The van der Waals surface area contributed by atoms with Crippen LogP contribution in [0.5, 0.6) is 0 Å². The molecule has 128 valence electrons. The van der Waals surface area contributed by atoms with Crippen LogP contribution in [0.4, 0.5) is 0 Å². The summed E-state index contributed by atoms with van der Waals surface area (Å²) < 4.78 is 0. The number of aromatic nitrogens is 1. The zero-order chi connectivity index (χ0) is 17.3. The molecule has 1 amide bonds. The van der Waals surface area contributed by atoms with Gasteiger partial charge in [0, 0.05) is 53.8 Å². The fourth-order valence-electron chi connectivity index (χ4n) is 3.52. The smallest absolute Gasteiger partial charge is 0.253 e. The molecule has 2 N–H and O–H groups in total. The molecule has 0 bridgehead atoms. The molecule has 1 fully saturated rings. The third-order valence-electron chi connectivity index (χ3n) is 4.97. The number of hydrazine groups is 1. The van der Waals surface area contributed by atoms with Gasteiger partial charge in [0.15, 0.2) is 0 Å². The predicted octanol–water partition coefficient (Wildman–Crippen LogP) is 2.77. The minimum atomic E-state index is 0.0483. The fraction of sp³-hybridized carbons (Fsp3) is 0.444. The number of carbonyl (C=O) groups is 1. The Labute approximate surface area is 147 Å². The predicted molar refractivity (Wildman–Crippen MR) is 97.8 cm³/mol. The molecule has 5 nitrogen and oxygen atoms in total. The van der Waals surface area contributed by atoms with Crippen LogP contribution in [0.25, 0.3) is 10.6 Å². The normalized spacial score (nSPS) is 24.8. The van der Waals surface area contributed by atoms with Crippen molar-refractivity contribution < 1.29 is 4.79 Å². The molecule has 1 aromatic heterocycles. The van der Waals surface area contributed by atoms with E-state index in [1.165, 1.54) is 0 Å². The first-order chi connectivity index (χ1) is 11.5. The number of hydrogen-bond acceptors (Lipinski definition) is 5. The van der Waals surface area contributed by atoms with Gasteiger partial charge in [-0.15, -0.1) is 11.3 Å². The van der Waals surface area contributed by atoms with Crippen LogP contribution < -0.4 is 10.9 Å². The monoisotopic (exact) mass is 344 g/mol. The summed E-state index contributed by atoms with van der Waals surface area (Å²) in [5.41, 5.74) is 8.23. The standard InChI is InChI=1S/C18H24N4OS/c1-11-16(12(2)21-20-11)13(3)22(4)18(23)15-7-5-6-14(10-15)17-19-8-9-24-17/h5-13,16,20-21H,1-4H3. The second-order valence-electron chi connectivity index (χ2n) is 6.52. The molecule has 2 aromatic rings. The lowest BCUT2D eigenvalue weighted by Crippen LogP contribution is -2.46. The van der Waals surface area contributed by atoms with Gasteiger partial charge >= 0.3 is 0 Å². The number of benzene rings is 1. The highest BCUT2D eigenvalue weighted by molar-refractivity contribution is 7.13. The van der Waals surface area contributed by atoms with Gasteiger partial charge in [-0.25, -0.2) is 4.98 Å². The van der Waals surface area contributed by atoms with E-state index in [0.717, 1.165) is 10.6 Å². The largest absolute Gasteiger partial charge is 0.339 e. The van der Waals surface area contributed by atoms with Gasteiger partial charge in [0.05, 0.1) is 0 Å². The Morgan fingerprint density at radius 2 is 2.00 bits per heavy atom. The van der Waals surface area contributed by atoms with Gasteiger partial charge in [-0.2, -0.15) is 0 Å². The van der Waals surface area contributed by atoms with Crippen LogP contribution in [0.15, 0.2) is 35.8 Å². The molecule has 6 heteroatoms. The maximum atomic E-state index is 12.9. The van der Waals surface area contributed by atoms with Crippen molar-refractivity contribution in [2.75, 3.05) is 7.05 Å². The Hall–Kier alpha value is -1.76. The summed E-state index contributed by atoms with van der Waals surface area (Å²) in [6.07, 6.45) is 1.78. The third kappa shape index (κ3) is 3.22. The Balaban J connectivity index is 1.79. The van der Waals surface area contributed by atoms with E-state index in [9.17, 15) is 4.79 Å². The maximum absolute atomic E-state index is 12.9. The van der Waals surface area contributed by atoms with Gasteiger partial charge in [0.1, 0.15) is 5.01 Å². The van der Waals surface area contributed by atoms with Crippen molar-refractivity contribution in [2.45, 2.75) is 38.9 Å². The summed E-state index contributed by atoms with van der Waals surface area (Å²) in [6, 6.07) is 8.51. The molecule has 1 aliphatic rings. The first-order valence-electron chi connectivity index (χ1n) is 8.27. The molecule has 3 unspecified atom stereocenters. The van der Waals surface area contributed by atoms with Gasteiger partial charge < -0.3 is 4.90 Å². The van der Waals surface area contributed by atoms with Crippen molar-refractivity contribution in [3.05, 3.63) is 41.4 Å². The van der Waals surface area contributed by atoms with E-state index in [2.05, 4.69) is 36.6 Å². The Bertz CT molecular complexity index is 693. The van der Waals surface area contributed by atoms with Gasteiger partial charge in [-0.05, 0) is 32.9 Å². The number of thiazole rings is 1. The number of hydrogen-bond donors (Lipinski definition) is 2. The van der Waals surface area contributed by atoms with E-state index < -0.39 is 0 Å². The SMILES string of the molecule is CC1NNC(C)C1C(C)N(C)C(=O)c1cccc(-c2nccs2)c1. The molecule has 3 atom stereocenters. The molecule has 0 aliphatic carbocycles. The van der Waals surface area contributed by atoms with Crippen LogP contribution in [0.1, 0.15) is 31.1 Å². The van der Waals surface area contributed by atoms with Gasteiger partial charge in [-0.3, -0.25) is 15.6 Å². The first kappa shape index (κ1) is 17.1. The van der Waals surface area contributed by atoms with Gasteiger partial charge in [0.25, 0.3) is 5.91 Å². The van der Waals surface area contributed by atoms with E-state index in [4.69, 9.17) is 0 Å². The Morgan fingerprint density at radius 3 is 2.62 bits per heavy atom. The fourth-order valence-corrected chi connectivity index (χ4v) is 4.16. The van der Waals surface area contributed by atoms with Crippen LogP contribution in [-0.2, 0) is 0 Å². The summed E-state index contributed by atoms with van der Waals surface area (Å²) in [4.78, 5) is 19.1. The molecular formula is C18H24N4OS. The second-order valence-corrected chi connectivity index (χ2v) is 7.41. The second kappa shape index (κ2) is 7.01. The summed E-state index contributed by atoms with van der Waals surface area (Å²) in [6.45, 7) is 6.42. The molecule has 2 heterocycles. The Kier molecular flexibility index (Phi) is 4.99. The van der Waals surface area contributed by atoms with Crippen molar-refractivity contribution in [3.8, 4) is 10.6 Å². The molecule has 0 spiro atoms. The number of nitrogens with one attached hydrogen (secondary N) is 2. The molecule has 24 heavy (non-hydrogen) atoms. The van der Waals surface area contributed by atoms with Crippen molar-refractivity contribution in [3.63, 3.8) is 0 Å². The minimum Gasteiger partial charge on any atom is -0.339 e. The summed E-state index contributed by atoms with van der Waals surface area (Å²) in [5.74, 6) is 0.410. The van der Waals surface area contributed by atoms with Gasteiger partial charge in [0.2, 0.25) is 0 Å². The zero-order valence-electron chi connectivity index (χ0n) is 14.5. The van der Waals surface area contributed by atoms with Crippen molar-refractivity contribution >= 4 is 17.2 Å². The number of nitrogens with zero attached hydrogens (tertiary/aromatic N) is 2. The zero-order valence-corrected chi connectivity index (χ0v) is 15.3. The van der Waals surface area contributed by atoms with Crippen molar-refractivity contribution in [1.29, 1.82) is 0 Å². The van der Waals surface area contributed by atoms with E-state index in [-0.39, 0.29) is 11.9 Å². The highest BCUT2D eigenvalue weighted by Crippen LogP contribution is 2.25. The molecule has 0 radical (unpaired) electrons. The van der Waals surface area contributed by atoms with E-state index >= 15 is 0 Å². The maximum Gasteiger partial charge on any atom is 0.253 e. The number of rotatable bonds is 4. The highest BCUT2D eigenvalue weighted by atomic mass is 32.1. The van der Waals surface area contributed by atoms with E-state index in [0.29, 0.717) is 23.6 Å². The lowest BCUT2D eigenvalue weighted by Gasteiger charge is -2.33. The van der Waals surface area contributed by atoms with Gasteiger partial charge in [-0.1, -0.05) is 12.1 Å². The molecule has 1 aromatic carbocycles. The molecule has 0 saturated carbocycles. The van der Waals surface area contributed by atoms with Crippen LogP contribution in [0, 0.1) is 5.92 Å². The molecule has 1 saturated heterocycles. The number of amides is 1. The van der Waals surface area contributed by atoms with E-state index in [1.54, 1.807) is 17.5 Å². The molecule has 1 aliphatic heterocycles. The summed E-state index contributed by atoms with van der Waals surface area (Å²) in [7, 11) is 1.89. The molecule has 3 rings (SSSR count). The van der Waals surface area contributed by atoms with Crippen LogP contribution in [-0.4, -0.2) is 41.0 Å². The minimum absolute atomic E-state index is 0.0483. The molecular weight excluding hydrogens is 320 g/mol. The topological polar surface area (TPSA) is 57.3 Å². The average molecular weight is 344 g/mol. The lowest BCUT2D eigenvalue weighted by molar-refractivity contribution is 0.0679. The summed E-state index contributed by atoms with van der Waals surface area (Å²) >= 11 is 1.58. The first-order valence-corrected chi connectivity index (χ1v) is 9.15. The lowest BCUT2D eigenvalue weighted by atomic mass is 9.88.